The Morgan fingerprint density at radius 1 is 1.44 bits per heavy atom. The van der Waals surface area contributed by atoms with Gasteiger partial charge in [0.2, 0.25) is 0 Å². The molecule has 0 bridgehead atoms. The first-order valence-electron chi connectivity index (χ1n) is 6.66. The predicted octanol–water partition coefficient (Wildman–Crippen LogP) is 2.82. The van der Waals surface area contributed by atoms with E-state index in [9.17, 15) is 0 Å². The van der Waals surface area contributed by atoms with Gasteiger partial charge in [0.05, 0.1) is 7.11 Å². The van der Waals surface area contributed by atoms with E-state index in [4.69, 9.17) is 4.74 Å². The molecule has 3 nitrogen and oxygen atoms in total. The molecule has 0 fully saturated rings. The molecule has 1 aliphatic rings. The molecular formula is C15H20N2O. The summed E-state index contributed by atoms with van der Waals surface area (Å²) in [6.07, 6.45) is 3.74. The Kier molecular flexibility index (Phi) is 3.00. The van der Waals surface area contributed by atoms with Gasteiger partial charge in [-0.05, 0) is 50.1 Å². The number of fused-ring (bicyclic) bond motifs is 3. The highest BCUT2D eigenvalue weighted by Crippen LogP contribution is 2.36. The highest BCUT2D eigenvalue weighted by Gasteiger charge is 2.23. The lowest BCUT2D eigenvalue weighted by Gasteiger charge is -2.22. The quantitative estimate of drug-likeness (QED) is 0.871. The summed E-state index contributed by atoms with van der Waals surface area (Å²) in [5, 5.41) is 4.64. The number of aromatic amines is 1. The topological polar surface area (TPSA) is 37.0 Å². The van der Waals surface area contributed by atoms with Gasteiger partial charge in [0.1, 0.15) is 5.75 Å². The minimum absolute atomic E-state index is 0.622. The third-order valence-electron chi connectivity index (χ3n) is 3.98. The van der Waals surface area contributed by atoms with E-state index in [1.54, 1.807) is 7.11 Å². The number of hydrogen-bond donors (Lipinski definition) is 2. The average Bonchev–Trinajstić information content (AvgIpc) is 2.78. The molecule has 0 aliphatic heterocycles. The maximum Gasteiger partial charge on any atom is 0.119 e. The first-order valence-corrected chi connectivity index (χ1v) is 6.66. The van der Waals surface area contributed by atoms with Gasteiger partial charge in [0.25, 0.3) is 0 Å². The van der Waals surface area contributed by atoms with Crippen molar-refractivity contribution < 1.29 is 4.74 Å². The Balaban J connectivity index is 2.12. The van der Waals surface area contributed by atoms with Gasteiger partial charge < -0.3 is 15.0 Å². The van der Waals surface area contributed by atoms with Gasteiger partial charge in [-0.2, -0.15) is 0 Å². The second kappa shape index (κ2) is 4.65. The van der Waals surface area contributed by atoms with Gasteiger partial charge in [-0.1, -0.05) is 0 Å². The lowest BCUT2D eigenvalue weighted by molar-refractivity contribution is 0.415. The number of aryl methyl sites for hydroxylation is 1. The monoisotopic (exact) mass is 244 g/mol. The van der Waals surface area contributed by atoms with Crippen LogP contribution in [0.1, 0.15) is 30.0 Å². The van der Waals surface area contributed by atoms with Gasteiger partial charge in [-0.25, -0.2) is 0 Å². The molecule has 0 radical (unpaired) electrons. The Labute approximate surface area is 108 Å². The fourth-order valence-electron chi connectivity index (χ4n) is 3.11. The summed E-state index contributed by atoms with van der Waals surface area (Å²) >= 11 is 0. The predicted molar refractivity (Wildman–Crippen MR) is 74.5 cm³/mol. The van der Waals surface area contributed by atoms with Crippen LogP contribution in [-0.4, -0.2) is 25.7 Å². The molecule has 96 valence electrons. The molecule has 0 saturated carbocycles. The summed E-state index contributed by atoms with van der Waals surface area (Å²) in [5.74, 6) is 1.57. The van der Waals surface area contributed by atoms with Gasteiger partial charge in [0.15, 0.2) is 0 Å². The van der Waals surface area contributed by atoms with E-state index in [0.29, 0.717) is 5.92 Å². The number of likely N-dealkylation sites (N-methyl/N-ethyl adjacent to an activating group) is 1. The Hall–Kier alpha value is -1.48. The van der Waals surface area contributed by atoms with E-state index in [0.717, 1.165) is 12.3 Å². The van der Waals surface area contributed by atoms with Crippen molar-refractivity contribution in [1.82, 2.24) is 10.3 Å². The molecule has 1 atom stereocenters. The molecule has 18 heavy (non-hydrogen) atoms. The number of rotatable bonds is 3. The Morgan fingerprint density at radius 3 is 3.11 bits per heavy atom. The van der Waals surface area contributed by atoms with E-state index in [2.05, 4.69) is 22.4 Å². The zero-order valence-corrected chi connectivity index (χ0v) is 11.0. The molecule has 0 saturated heterocycles. The summed E-state index contributed by atoms with van der Waals surface area (Å²) in [5.41, 5.74) is 4.16. The fraction of sp³-hybridized carbons (Fsp3) is 0.467. The molecule has 3 heteroatoms. The molecule has 0 amide bonds. The van der Waals surface area contributed by atoms with Gasteiger partial charge in [-0.15, -0.1) is 0 Å². The smallest absolute Gasteiger partial charge is 0.119 e. The maximum absolute atomic E-state index is 5.33. The Morgan fingerprint density at radius 2 is 2.33 bits per heavy atom. The number of aromatic nitrogens is 1. The van der Waals surface area contributed by atoms with Crippen molar-refractivity contribution in [3.63, 3.8) is 0 Å². The highest BCUT2D eigenvalue weighted by molar-refractivity contribution is 5.86. The van der Waals surface area contributed by atoms with Crippen LogP contribution < -0.4 is 10.1 Å². The van der Waals surface area contributed by atoms with Crippen LogP contribution in [0, 0.1) is 0 Å². The molecule has 1 heterocycles. The number of hydrogen-bond acceptors (Lipinski definition) is 2. The van der Waals surface area contributed by atoms with Crippen LogP contribution in [-0.2, 0) is 6.42 Å². The minimum Gasteiger partial charge on any atom is -0.497 e. The molecule has 1 aromatic heterocycles. The Bertz CT molecular complexity index is 559. The third kappa shape index (κ3) is 1.79. The standard InChI is InChI=1S/C15H20N2O/c1-16-9-10-4-3-5-12-13-8-11(18-2)6-7-14(13)17-15(10)12/h6-8,10,16-17H,3-5,9H2,1-2H3. The van der Waals surface area contributed by atoms with Crippen molar-refractivity contribution in [1.29, 1.82) is 0 Å². The molecule has 0 spiro atoms. The zero-order chi connectivity index (χ0) is 12.5. The van der Waals surface area contributed by atoms with Crippen molar-refractivity contribution in [2.45, 2.75) is 25.2 Å². The number of ether oxygens (including phenoxy) is 1. The van der Waals surface area contributed by atoms with Crippen molar-refractivity contribution >= 4 is 10.9 Å². The van der Waals surface area contributed by atoms with E-state index >= 15 is 0 Å². The summed E-state index contributed by atoms with van der Waals surface area (Å²) in [6.45, 7) is 1.05. The van der Waals surface area contributed by atoms with E-state index in [-0.39, 0.29) is 0 Å². The summed E-state index contributed by atoms with van der Waals surface area (Å²) in [4.78, 5) is 3.61. The number of H-pyrrole nitrogens is 1. The van der Waals surface area contributed by atoms with E-state index in [1.807, 2.05) is 13.1 Å². The van der Waals surface area contributed by atoms with Crippen molar-refractivity contribution in [3.05, 3.63) is 29.5 Å². The van der Waals surface area contributed by atoms with Gasteiger partial charge in [0, 0.05) is 29.1 Å². The highest BCUT2D eigenvalue weighted by atomic mass is 16.5. The van der Waals surface area contributed by atoms with Crippen molar-refractivity contribution in [2.75, 3.05) is 20.7 Å². The lowest BCUT2D eigenvalue weighted by Crippen LogP contribution is -2.21. The summed E-state index contributed by atoms with van der Waals surface area (Å²) in [6, 6.07) is 6.31. The molecule has 3 rings (SSSR count). The average molecular weight is 244 g/mol. The largest absolute Gasteiger partial charge is 0.497 e. The SMILES string of the molecule is CNCC1CCCc2c1[nH]c1ccc(OC)cc21. The number of benzene rings is 1. The van der Waals surface area contributed by atoms with Crippen LogP contribution in [0.25, 0.3) is 10.9 Å². The van der Waals surface area contributed by atoms with Crippen LogP contribution in [0.5, 0.6) is 5.75 Å². The van der Waals surface area contributed by atoms with Crippen LogP contribution in [0.2, 0.25) is 0 Å². The summed E-state index contributed by atoms with van der Waals surface area (Å²) < 4.78 is 5.33. The van der Waals surface area contributed by atoms with Crippen LogP contribution >= 0.6 is 0 Å². The number of nitrogens with one attached hydrogen (secondary N) is 2. The second-order valence-electron chi connectivity index (χ2n) is 5.08. The van der Waals surface area contributed by atoms with Crippen molar-refractivity contribution in [2.24, 2.45) is 0 Å². The second-order valence-corrected chi connectivity index (χ2v) is 5.08. The van der Waals surface area contributed by atoms with Crippen LogP contribution in [0.15, 0.2) is 18.2 Å². The normalized spacial score (nSPS) is 18.9. The van der Waals surface area contributed by atoms with Gasteiger partial charge >= 0.3 is 0 Å². The molecule has 1 aromatic carbocycles. The van der Waals surface area contributed by atoms with E-state index < -0.39 is 0 Å². The first-order chi connectivity index (χ1) is 8.83. The molecular weight excluding hydrogens is 224 g/mol. The summed E-state index contributed by atoms with van der Waals surface area (Å²) in [7, 11) is 3.75. The molecule has 1 aliphatic carbocycles. The van der Waals surface area contributed by atoms with Gasteiger partial charge in [-0.3, -0.25) is 0 Å². The van der Waals surface area contributed by atoms with Crippen molar-refractivity contribution in [3.8, 4) is 5.75 Å². The fourth-order valence-corrected chi connectivity index (χ4v) is 3.11. The molecule has 1 unspecified atom stereocenters. The zero-order valence-electron chi connectivity index (χ0n) is 11.0. The molecule has 2 aromatic rings. The van der Waals surface area contributed by atoms with Crippen LogP contribution in [0.4, 0.5) is 0 Å². The first kappa shape index (κ1) is 11.6. The maximum atomic E-state index is 5.33. The third-order valence-corrected chi connectivity index (χ3v) is 3.98. The molecule has 2 N–H and O–H groups in total. The number of methoxy groups -OCH3 is 1. The minimum atomic E-state index is 0.622. The van der Waals surface area contributed by atoms with E-state index in [1.165, 1.54) is 41.4 Å². The lowest BCUT2D eigenvalue weighted by atomic mass is 9.87. The van der Waals surface area contributed by atoms with Crippen LogP contribution in [0.3, 0.4) is 0 Å².